The van der Waals surface area contributed by atoms with Crippen molar-refractivity contribution < 1.29 is 17.7 Å². The number of para-hydroxylation sites is 1. The van der Waals surface area contributed by atoms with E-state index in [0.29, 0.717) is 5.56 Å². The molecular weight excluding hydrogens is 299 g/mol. The summed E-state index contributed by atoms with van der Waals surface area (Å²) in [5.41, 5.74) is -0.197. The van der Waals surface area contributed by atoms with Crippen molar-refractivity contribution in [2.45, 2.75) is 11.8 Å². The van der Waals surface area contributed by atoms with E-state index in [4.69, 9.17) is 0 Å². The molecule has 21 heavy (non-hydrogen) atoms. The first kappa shape index (κ1) is 14.9. The zero-order valence-corrected chi connectivity index (χ0v) is 11.7. The van der Waals surface area contributed by atoms with E-state index in [-0.39, 0.29) is 16.3 Å². The highest BCUT2D eigenvalue weighted by Gasteiger charge is 2.20. The molecule has 2 aromatic rings. The lowest BCUT2D eigenvalue weighted by Gasteiger charge is -2.09. The van der Waals surface area contributed by atoms with Crippen LogP contribution in [0.4, 0.5) is 15.8 Å². The molecule has 8 heteroatoms. The van der Waals surface area contributed by atoms with E-state index >= 15 is 0 Å². The van der Waals surface area contributed by atoms with Gasteiger partial charge in [0.1, 0.15) is 5.82 Å². The highest BCUT2D eigenvalue weighted by molar-refractivity contribution is 7.92. The molecule has 0 aliphatic heterocycles. The minimum Gasteiger partial charge on any atom is -0.277 e. The molecule has 0 aromatic heterocycles. The fraction of sp³-hybridized carbons (Fsp3) is 0.0769. The molecule has 0 aliphatic carbocycles. The lowest BCUT2D eigenvalue weighted by atomic mass is 10.2. The molecule has 0 heterocycles. The molecule has 110 valence electrons. The predicted octanol–water partition coefficient (Wildman–Crippen LogP) is 2.84. The van der Waals surface area contributed by atoms with Crippen molar-refractivity contribution in [1.82, 2.24) is 0 Å². The minimum absolute atomic E-state index is 0.222. The largest absolute Gasteiger partial charge is 0.277 e. The van der Waals surface area contributed by atoms with Gasteiger partial charge >= 0.3 is 0 Å². The van der Waals surface area contributed by atoms with Crippen LogP contribution in [-0.4, -0.2) is 13.3 Å². The van der Waals surface area contributed by atoms with Gasteiger partial charge in [0, 0.05) is 11.6 Å². The molecule has 0 spiro atoms. The molecule has 2 rings (SSSR count). The summed E-state index contributed by atoms with van der Waals surface area (Å²) in [5, 5.41) is 10.8. The second-order valence-corrected chi connectivity index (χ2v) is 5.97. The van der Waals surface area contributed by atoms with Crippen LogP contribution in [0.15, 0.2) is 47.4 Å². The van der Waals surface area contributed by atoms with Crippen LogP contribution in [0.3, 0.4) is 0 Å². The molecule has 0 radical (unpaired) electrons. The number of nitro groups is 1. The van der Waals surface area contributed by atoms with E-state index in [1.54, 1.807) is 0 Å². The van der Waals surface area contributed by atoms with Crippen molar-refractivity contribution in [3.05, 3.63) is 64.0 Å². The van der Waals surface area contributed by atoms with Crippen LogP contribution in [0.25, 0.3) is 0 Å². The normalized spacial score (nSPS) is 11.1. The van der Waals surface area contributed by atoms with Gasteiger partial charge in [0.15, 0.2) is 0 Å². The quantitative estimate of drug-likeness (QED) is 0.694. The van der Waals surface area contributed by atoms with Crippen LogP contribution < -0.4 is 4.72 Å². The summed E-state index contributed by atoms with van der Waals surface area (Å²) in [6.45, 7) is 1.50. The fourth-order valence-corrected chi connectivity index (χ4v) is 2.79. The van der Waals surface area contributed by atoms with Crippen molar-refractivity contribution in [3.8, 4) is 0 Å². The van der Waals surface area contributed by atoms with Crippen LogP contribution in [-0.2, 0) is 10.0 Å². The Hall–Kier alpha value is -2.48. The number of sulfonamides is 1. The van der Waals surface area contributed by atoms with Crippen molar-refractivity contribution in [2.75, 3.05) is 4.72 Å². The van der Waals surface area contributed by atoms with Gasteiger partial charge in [-0.1, -0.05) is 18.2 Å². The van der Waals surface area contributed by atoms with E-state index < -0.39 is 20.8 Å². The number of benzene rings is 2. The van der Waals surface area contributed by atoms with Gasteiger partial charge < -0.3 is 0 Å². The smallest absolute Gasteiger partial charge is 0.273 e. The molecule has 0 aliphatic rings. The SMILES string of the molecule is Cc1ccc(S(=O)(=O)Nc2ccccc2F)cc1[N+](=O)[O-]. The number of hydrogen-bond acceptors (Lipinski definition) is 4. The van der Waals surface area contributed by atoms with Crippen molar-refractivity contribution in [3.63, 3.8) is 0 Å². The summed E-state index contributed by atoms with van der Waals surface area (Å²) in [6.07, 6.45) is 0. The lowest BCUT2D eigenvalue weighted by molar-refractivity contribution is -0.385. The number of nitrogens with one attached hydrogen (secondary N) is 1. The molecule has 1 N–H and O–H groups in total. The van der Waals surface area contributed by atoms with Crippen molar-refractivity contribution in [2.24, 2.45) is 0 Å². The maximum absolute atomic E-state index is 13.5. The maximum Gasteiger partial charge on any atom is 0.273 e. The van der Waals surface area contributed by atoms with E-state index in [0.717, 1.165) is 12.1 Å². The van der Waals surface area contributed by atoms with Crippen LogP contribution in [0.1, 0.15) is 5.56 Å². The second kappa shape index (κ2) is 5.49. The Morgan fingerprint density at radius 3 is 2.48 bits per heavy atom. The van der Waals surface area contributed by atoms with Crippen molar-refractivity contribution in [1.29, 1.82) is 0 Å². The monoisotopic (exact) mass is 310 g/mol. The molecule has 0 bridgehead atoms. The van der Waals surface area contributed by atoms with Gasteiger partial charge in [-0.3, -0.25) is 14.8 Å². The van der Waals surface area contributed by atoms with E-state index in [1.165, 1.54) is 37.3 Å². The summed E-state index contributed by atoms with van der Waals surface area (Å²) in [6, 6.07) is 8.76. The molecule has 0 amide bonds. The lowest BCUT2D eigenvalue weighted by Crippen LogP contribution is -2.14. The first-order valence-electron chi connectivity index (χ1n) is 5.83. The van der Waals surface area contributed by atoms with Gasteiger partial charge in [-0.25, -0.2) is 12.8 Å². The van der Waals surface area contributed by atoms with E-state index in [2.05, 4.69) is 4.72 Å². The molecule has 0 unspecified atom stereocenters. The Morgan fingerprint density at radius 2 is 1.86 bits per heavy atom. The number of halogens is 1. The summed E-state index contributed by atoms with van der Waals surface area (Å²) < 4.78 is 39.8. The highest BCUT2D eigenvalue weighted by Crippen LogP contribution is 2.24. The number of nitrogens with zero attached hydrogens (tertiary/aromatic N) is 1. The fourth-order valence-electron chi connectivity index (χ4n) is 1.70. The number of nitro benzene ring substituents is 1. The van der Waals surface area contributed by atoms with Gasteiger partial charge in [-0.2, -0.15) is 0 Å². The van der Waals surface area contributed by atoms with Gasteiger partial charge in [0.05, 0.1) is 15.5 Å². The standard InChI is InChI=1S/C13H11FN2O4S/c1-9-6-7-10(8-13(9)16(17)18)21(19,20)15-12-5-3-2-4-11(12)14/h2-8,15H,1H3. The number of rotatable bonds is 4. The molecule has 2 aromatic carbocycles. The van der Waals surface area contributed by atoms with Gasteiger partial charge in [-0.05, 0) is 25.1 Å². The zero-order chi connectivity index (χ0) is 15.6. The third kappa shape index (κ3) is 3.16. The Kier molecular flexibility index (Phi) is 3.90. The maximum atomic E-state index is 13.5. The molecule has 6 nitrogen and oxygen atoms in total. The number of anilines is 1. The van der Waals surface area contributed by atoms with Gasteiger partial charge in [0.25, 0.3) is 15.7 Å². The predicted molar refractivity (Wildman–Crippen MR) is 75.0 cm³/mol. The first-order chi connectivity index (χ1) is 9.81. The van der Waals surface area contributed by atoms with Crippen LogP contribution in [0, 0.1) is 22.9 Å². The molecule has 0 saturated carbocycles. The third-order valence-electron chi connectivity index (χ3n) is 2.81. The number of aryl methyl sites for hydroxylation is 1. The van der Waals surface area contributed by atoms with Gasteiger partial charge in [-0.15, -0.1) is 0 Å². The average Bonchev–Trinajstić information content (AvgIpc) is 2.41. The first-order valence-corrected chi connectivity index (χ1v) is 7.32. The van der Waals surface area contributed by atoms with E-state index in [1.807, 2.05) is 0 Å². The molecule has 0 fully saturated rings. The van der Waals surface area contributed by atoms with Gasteiger partial charge in [0.2, 0.25) is 0 Å². The Morgan fingerprint density at radius 1 is 1.19 bits per heavy atom. The molecular formula is C13H11FN2O4S. The number of hydrogen-bond donors (Lipinski definition) is 1. The average molecular weight is 310 g/mol. The van der Waals surface area contributed by atoms with Crippen LogP contribution in [0.5, 0.6) is 0 Å². The van der Waals surface area contributed by atoms with Crippen LogP contribution >= 0.6 is 0 Å². The Bertz CT molecular complexity index is 806. The topological polar surface area (TPSA) is 89.3 Å². The summed E-state index contributed by atoms with van der Waals surface area (Å²) in [5.74, 6) is -0.734. The zero-order valence-electron chi connectivity index (χ0n) is 10.9. The Balaban J connectivity index is 2.43. The second-order valence-electron chi connectivity index (χ2n) is 4.29. The highest BCUT2D eigenvalue weighted by atomic mass is 32.2. The summed E-state index contributed by atoms with van der Waals surface area (Å²) in [4.78, 5) is 9.87. The van der Waals surface area contributed by atoms with Crippen LogP contribution in [0.2, 0.25) is 0 Å². The third-order valence-corrected chi connectivity index (χ3v) is 4.17. The Labute approximate surface area is 120 Å². The van der Waals surface area contributed by atoms with Crippen molar-refractivity contribution >= 4 is 21.4 Å². The molecule has 0 saturated heterocycles. The van der Waals surface area contributed by atoms with E-state index in [9.17, 15) is 22.9 Å². The molecule has 0 atom stereocenters. The summed E-state index contributed by atoms with van der Waals surface area (Å²) in [7, 11) is -4.10. The summed E-state index contributed by atoms with van der Waals surface area (Å²) >= 11 is 0. The minimum atomic E-state index is -4.10.